The van der Waals surface area contributed by atoms with Crippen molar-refractivity contribution in [3.05, 3.63) is 54.2 Å². The van der Waals surface area contributed by atoms with Crippen LogP contribution in [0.5, 0.6) is 11.5 Å². The highest BCUT2D eigenvalue weighted by Crippen LogP contribution is 2.33. The maximum absolute atomic E-state index is 12.5. The Bertz CT molecular complexity index is 1330. The average molecular weight is 490 g/mol. The van der Waals surface area contributed by atoms with Gasteiger partial charge >= 0.3 is 6.09 Å². The summed E-state index contributed by atoms with van der Waals surface area (Å²) in [4.78, 5) is 32.5. The quantitative estimate of drug-likeness (QED) is 0.521. The van der Waals surface area contributed by atoms with E-state index in [0.717, 1.165) is 36.3 Å². The van der Waals surface area contributed by atoms with Crippen molar-refractivity contribution in [2.24, 2.45) is 0 Å². The molecule has 186 valence electrons. The number of cyclic esters (lactones) is 1. The van der Waals surface area contributed by atoms with Gasteiger partial charge in [0.15, 0.2) is 6.61 Å². The van der Waals surface area contributed by atoms with Crippen LogP contribution in [-0.2, 0) is 16.1 Å². The summed E-state index contributed by atoms with van der Waals surface area (Å²) in [5.74, 6) is 1.21. The van der Waals surface area contributed by atoms with E-state index in [-0.39, 0.29) is 24.7 Å². The van der Waals surface area contributed by atoms with Gasteiger partial charge in [0, 0.05) is 49.5 Å². The number of methoxy groups -OCH3 is 1. The van der Waals surface area contributed by atoms with Gasteiger partial charge < -0.3 is 24.8 Å². The second-order valence-corrected chi connectivity index (χ2v) is 9.28. The van der Waals surface area contributed by atoms with E-state index in [2.05, 4.69) is 20.5 Å². The van der Waals surface area contributed by atoms with Gasteiger partial charge in [-0.25, -0.2) is 4.79 Å². The van der Waals surface area contributed by atoms with Gasteiger partial charge in [-0.05, 0) is 48.0 Å². The number of aromatic nitrogens is 1. The minimum Gasteiger partial charge on any atom is -0.497 e. The molecule has 4 heterocycles. The van der Waals surface area contributed by atoms with Crippen molar-refractivity contribution in [1.29, 1.82) is 0 Å². The third-order valence-corrected chi connectivity index (χ3v) is 6.82. The summed E-state index contributed by atoms with van der Waals surface area (Å²) < 4.78 is 16.4. The van der Waals surface area contributed by atoms with Gasteiger partial charge in [-0.1, -0.05) is 0 Å². The van der Waals surface area contributed by atoms with E-state index in [4.69, 9.17) is 14.2 Å². The molecule has 10 nitrogen and oxygen atoms in total. The fourth-order valence-corrected chi connectivity index (χ4v) is 4.92. The molecule has 10 heteroatoms. The van der Waals surface area contributed by atoms with Crippen LogP contribution < -0.4 is 25.0 Å². The number of nitrogens with zero attached hydrogens (tertiary/aromatic N) is 3. The molecule has 1 atom stereocenters. The fourth-order valence-electron chi connectivity index (χ4n) is 4.92. The Kier molecular flexibility index (Phi) is 5.82. The van der Waals surface area contributed by atoms with Crippen LogP contribution in [0.15, 0.2) is 48.7 Å². The Morgan fingerprint density at radius 2 is 2.03 bits per heavy atom. The Morgan fingerprint density at radius 3 is 2.89 bits per heavy atom. The number of benzene rings is 2. The Labute approximate surface area is 208 Å². The summed E-state index contributed by atoms with van der Waals surface area (Å²) >= 11 is 0. The summed E-state index contributed by atoms with van der Waals surface area (Å²) in [5.41, 5.74) is 3.38. The van der Waals surface area contributed by atoms with Crippen molar-refractivity contribution in [2.75, 3.05) is 50.1 Å². The Balaban J connectivity index is 1.01. The van der Waals surface area contributed by atoms with Crippen LogP contribution in [0.3, 0.4) is 0 Å². The highest BCUT2D eigenvalue weighted by atomic mass is 16.6. The number of likely N-dealkylation sites (tertiary alicyclic amines) is 1. The number of amides is 2. The summed E-state index contributed by atoms with van der Waals surface area (Å²) in [6, 6.07) is 13.6. The molecule has 36 heavy (non-hydrogen) atoms. The van der Waals surface area contributed by atoms with E-state index in [1.807, 2.05) is 36.5 Å². The SMILES string of the molecule is COc1ccc2nccc(CNC3CN(CC4CN(c5ccc6c(c5)NC(=O)CO6)C(=O)O4)C3)c2c1. The topological polar surface area (TPSA) is 105 Å². The summed E-state index contributed by atoms with van der Waals surface area (Å²) in [5, 5.41) is 7.49. The largest absolute Gasteiger partial charge is 0.497 e. The van der Waals surface area contributed by atoms with Crippen molar-refractivity contribution >= 4 is 34.3 Å². The molecular formula is C26H27N5O5. The molecule has 3 aromatic rings. The predicted octanol–water partition coefficient (Wildman–Crippen LogP) is 2.37. The number of pyridine rings is 1. The first-order valence-electron chi connectivity index (χ1n) is 12.0. The molecule has 1 unspecified atom stereocenters. The number of hydrogen-bond donors (Lipinski definition) is 2. The maximum atomic E-state index is 12.5. The standard InChI is InChI=1S/C26H27N5O5/c1-34-19-3-4-22-21(9-19)16(6-7-27-22)10-28-17-11-30(12-17)13-20-14-31(26(33)36-20)18-2-5-24-23(8-18)29-25(32)15-35-24/h2-9,17,20,28H,10-15H2,1H3,(H,29,32). The highest BCUT2D eigenvalue weighted by molar-refractivity contribution is 5.97. The molecular weight excluding hydrogens is 462 g/mol. The number of carbonyl (C=O) groups is 2. The number of ether oxygens (including phenoxy) is 3. The van der Waals surface area contributed by atoms with Crippen LogP contribution in [0.1, 0.15) is 5.56 Å². The van der Waals surface area contributed by atoms with E-state index < -0.39 is 0 Å². The third-order valence-electron chi connectivity index (χ3n) is 6.82. The molecule has 1 aromatic heterocycles. The fraction of sp³-hybridized carbons (Fsp3) is 0.346. The molecule has 0 saturated carbocycles. The van der Waals surface area contributed by atoms with E-state index in [0.29, 0.717) is 36.3 Å². The van der Waals surface area contributed by atoms with Gasteiger partial charge in [0.1, 0.15) is 17.6 Å². The van der Waals surface area contributed by atoms with Gasteiger partial charge in [0.2, 0.25) is 0 Å². The molecule has 2 aromatic carbocycles. The lowest BCUT2D eigenvalue weighted by atomic mass is 10.1. The van der Waals surface area contributed by atoms with Gasteiger partial charge in [-0.3, -0.25) is 19.6 Å². The van der Waals surface area contributed by atoms with Crippen molar-refractivity contribution in [3.8, 4) is 11.5 Å². The lowest BCUT2D eigenvalue weighted by Gasteiger charge is -2.40. The molecule has 0 spiro atoms. The zero-order valence-corrected chi connectivity index (χ0v) is 19.9. The van der Waals surface area contributed by atoms with Crippen LogP contribution >= 0.6 is 0 Å². The van der Waals surface area contributed by atoms with Crippen molar-refractivity contribution in [1.82, 2.24) is 15.2 Å². The first-order chi connectivity index (χ1) is 17.6. The van der Waals surface area contributed by atoms with Crippen LogP contribution in [0.4, 0.5) is 16.2 Å². The predicted molar refractivity (Wildman–Crippen MR) is 134 cm³/mol. The Morgan fingerprint density at radius 1 is 1.14 bits per heavy atom. The number of rotatable bonds is 7. The minimum absolute atomic E-state index is 0.000239. The zero-order chi connectivity index (χ0) is 24.6. The number of hydrogen-bond acceptors (Lipinski definition) is 8. The van der Waals surface area contributed by atoms with E-state index in [9.17, 15) is 9.59 Å². The zero-order valence-electron chi connectivity index (χ0n) is 19.9. The molecule has 2 N–H and O–H groups in total. The second-order valence-electron chi connectivity index (χ2n) is 9.28. The van der Waals surface area contributed by atoms with Gasteiger partial charge in [0.25, 0.3) is 5.91 Å². The monoisotopic (exact) mass is 489 g/mol. The third kappa shape index (κ3) is 4.40. The van der Waals surface area contributed by atoms with Gasteiger partial charge in [0.05, 0.1) is 24.9 Å². The molecule has 3 aliphatic rings. The molecule has 6 rings (SSSR count). The molecule has 0 bridgehead atoms. The maximum Gasteiger partial charge on any atom is 0.414 e. The summed E-state index contributed by atoms with van der Waals surface area (Å²) in [6.07, 6.45) is 1.25. The van der Waals surface area contributed by atoms with Crippen LogP contribution in [0, 0.1) is 0 Å². The number of nitrogens with one attached hydrogen (secondary N) is 2. The lowest BCUT2D eigenvalue weighted by molar-refractivity contribution is -0.118. The first-order valence-corrected chi connectivity index (χ1v) is 12.0. The number of fused-ring (bicyclic) bond motifs is 2. The second kappa shape index (κ2) is 9.29. The molecule has 2 fully saturated rings. The minimum atomic E-state index is -0.377. The first kappa shape index (κ1) is 22.6. The summed E-state index contributed by atoms with van der Waals surface area (Å²) in [7, 11) is 1.67. The number of anilines is 2. The van der Waals surface area contributed by atoms with Crippen molar-refractivity contribution in [3.63, 3.8) is 0 Å². The smallest absolute Gasteiger partial charge is 0.414 e. The van der Waals surface area contributed by atoms with Crippen molar-refractivity contribution in [2.45, 2.75) is 18.7 Å². The molecule has 3 aliphatic heterocycles. The van der Waals surface area contributed by atoms with Crippen LogP contribution in [0.25, 0.3) is 10.9 Å². The van der Waals surface area contributed by atoms with E-state index >= 15 is 0 Å². The highest BCUT2D eigenvalue weighted by Gasteiger charge is 2.37. The lowest BCUT2D eigenvalue weighted by Crippen LogP contribution is -2.59. The van der Waals surface area contributed by atoms with E-state index in [1.54, 1.807) is 24.1 Å². The Hall–Kier alpha value is -3.89. The van der Waals surface area contributed by atoms with E-state index in [1.165, 1.54) is 5.56 Å². The van der Waals surface area contributed by atoms with Crippen molar-refractivity contribution < 1.29 is 23.8 Å². The van der Waals surface area contributed by atoms with Crippen LogP contribution in [0.2, 0.25) is 0 Å². The molecule has 0 aliphatic carbocycles. The van der Waals surface area contributed by atoms with Crippen LogP contribution in [-0.4, -0.2) is 73.9 Å². The average Bonchev–Trinajstić information content (AvgIpc) is 3.24. The van der Waals surface area contributed by atoms with Gasteiger partial charge in [-0.2, -0.15) is 0 Å². The molecule has 2 amide bonds. The normalized spacial score (nSPS) is 19.9. The van der Waals surface area contributed by atoms with Gasteiger partial charge in [-0.15, -0.1) is 0 Å². The summed E-state index contributed by atoms with van der Waals surface area (Å²) in [6.45, 7) is 3.67. The molecule has 0 radical (unpaired) electrons. The molecule has 2 saturated heterocycles. The number of carbonyl (C=O) groups excluding carboxylic acids is 2.